The van der Waals surface area contributed by atoms with Crippen LogP contribution in [0.3, 0.4) is 0 Å². The number of phenols is 2. The number of phenolic OH excluding ortho intramolecular Hbond substituents is 2. The number of halogens is 2. The summed E-state index contributed by atoms with van der Waals surface area (Å²) in [6, 6.07) is 14.9. The van der Waals surface area contributed by atoms with Crippen molar-refractivity contribution in [2.24, 2.45) is 0 Å². The lowest BCUT2D eigenvalue weighted by atomic mass is 9.92. The molecule has 0 aliphatic rings. The number of nitrogens with one attached hydrogen (secondary N) is 2. The first kappa shape index (κ1) is 24.5. The molecule has 0 aliphatic carbocycles. The van der Waals surface area contributed by atoms with Gasteiger partial charge < -0.3 is 20.8 Å². The van der Waals surface area contributed by atoms with Crippen LogP contribution in [0.5, 0.6) is 11.5 Å². The standard InChI is InChI=1S/C20H28N2O2.2ClH/c1-3-13-21-19(15-5-9-17(23)10-6-15)20(22-14-4-2)16-7-11-18(24)12-8-16;;/h5-12,19-24H,3-4,13-14H2,1-2H3;2*1H. The molecule has 0 fully saturated rings. The first-order chi connectivity index (χ1) is 11.7. The lowest BCUT2D eigenvalue weighted by molar-refractivity contribution is 0.384. The zero-order valence-electron chi connectivity index (χ0n) is 15.3. The highest BCUT2D eigenvalue weighted by atomic mass is 35.5. The molecule has 0 amide bonds. The highest BCUT2D eigenvalue weighted by molar-refractivity contribution is 5.85. The Hall–Kier alpha value is -1.46. The third-order valence-electron chi connectivity index (χ3n) is 4.07. The maximum atomic E-state index is 9.58. The molecule has 146 valence electrons. The average Bonchev–Trinajstić information content (AvgIpc) is 2.60. The zero-order valence-corrected chi connectivity index (χ0v) is 16.9. The van der Waals surface area contributed by atoms with Crippen LogP contribution in [0.25, 0.3) is 0 Å². The summed E-state index contributed by atoms with van der Waals surface area (Å²) in [6.45, 7) is 6.12. The number of benzene rings is 2. The molecule has 0 aliphatic heterocycles. The van der Waals surface area contributed by atoms with Gasteiger partial charge in [0, 0.05) is 0 Å². The van der Waals surface area contributed by atoms with Gasteiger partial charge in [-0.25, -0.2) is 0 Å². The van der Waals surface area contributed by atoms with Crippen LogP contribution in [0, 0.1) is 0 Å². The number of rotatable bonds is 9. The monoisotopic (exact) mass is 400 g/mol. The van der Waals surface area contributed by atoms with Crippen LogP contribution < -0.4 is 10.6 Å². The van der Waals surface area contributed by atoms with E-state index in [-0.39, 0.29) is 48.4 Å². The predicted octanol–water partition coefficient (Wildman–Crippen LogP) is 4.72. The van der Waals surface area contributed by atoms with E-state index in [4.69, 9.17) is 0 Å². The van der Waals surface area contributed by atoms with E-state index in [1.54, 1.807) is 24.3 Å². The second-order valence-electron chi connectivity index (χ2n) is 6.05. The Morgan fingerprint density at radius 2 is 0.962 bits per heavy atom. The summed E-state index contributed by atoms with van der Waals surface area (Å²) in [5.74, 6) is 0.548. The Balaban J connectivity index is 0.00000312. The molecule has 0 heterocycles. The van der Waals surface area contributed by atoms with Gasteiger partial charge in [-0.1, -0.05) is 38.1 Å². The lowest BCUT2D eigenvalue weighted by Crippen LogP contribution is -2.36. The topological polar surface area (TPSA) is 64.5 Å². The van der Waals surface area contributed by atoms with Crippen molar-refractivity contribution in [3.63, 3.8) is 0 Å². The van der Waals surface area contributed by atoms with Gasteiger partial charge in [-0.15, -0.1) is 24.8 Å². The van der Waals surface area contributed by atoms with Crippen LogP contribution in [-0.4, -0.2) is 23.3 Å². The first-order valence-corrected chi connectivity index (χ1v) is 8.70. The summed E-state index contributed by atoms with van der Waals surface area (Å²) >= 11 is 0. The van der Waals surface area contributed by atoms with E-state index < -0.39 is 0 Å². The van der Waals surface area contributed by atoms with E-state index in [2.05, 4.69) is 24.5 Å². The van der Waals surface area contributed by atoms with Crippen molar-refractivity contribution in [2.75, 3.05) is 13.1 Å². The van der Waals surface area contributed by atoms with Crippen molar-refractivity contribution in [3.05, 3.63) is 59.7 Å². The molecule has 0 bridgehead atoms. The smallest absolute Gasteiger partial charge is 0.115 e. The quantitative estimate of drug-likeness (QED) is 0.491. The van der Waals surface area contributed by atoms with Crippen LogP contribution in [0.15, 0.2) is 48.5 Å². The largest absolute Gasteiger partial charge is 0.508 e. The Bertz CT molecular complexity index is 551. The van der Waals surface area contributed by atoms with Gasteiger partial charge >= 0.3 is 0 Å². The molecule has 2 aromatic rings. The van der Waals surface area contributed by atoms with Crippen LogP contribution in [0.4, 0.5) is 0 Å². The van der Waals surface area contributed by atoms with Gasteiger partial charge in [0.05, 0.1) is 12.1 Å². The molecule has 4 N–H and O–H groups in total. The van der Waals surface area contributed by atoms with Crippen molar-refractivity contribution in [1.29, 1.82) is 0 Å². The van der Waals surface area contributed by atoms with Gasteiger partial charge in [0.1, 0.15) is 11.5 Å². The van der Waals surface area contributed by atoms with Crippen LogP contribution in [0.1, 0.15) is 49.9 Å². The van der Waals surface area contributed by atoms with E-state index in [9.17, 15) is 10.2 Å². The zero-order chi connectivity index (χ0) is 17.4. The maximum Gasteiger partial charge on any atom is 0.115 e. The molecule has 2 atom stereocenters. The molecular formula is C20H30Cl2N2O2. The van der Waals surface area contributed by atoms with Gasteiger partial charge in [0.2, 0.25) is 0 Å². The SMILES string of the molecule is CCCNC(c1ccc(O)cc1)C(NCCC)c1ccc(O)cc1.Cl.Cl. The summed E-state index contributed by atoms with van der Waals surface area (Å²) in [7, 11) is 0. The van der Waals surface area contributed by atoms with Gasteiger partial charge in [0.25, 0.3) is 0 Å². The summed E-state index contributed by atoms with van der Waals surface area (Å²) < 4.78 is 0. The molecule has 0 radical (unpaired) electrons. The highest BCUT2D eigenvalue weighted by Crippen LogP contribution is 2.31. The molecule has 0 aromatic heterocycles. The van der Waals surface area contributed by atoms with Gasteiger partial charge in [-0.05, 0) is 61.3 Å². The highest BCUT2D eigenvalue weighted by Gasteiger charge is 2.24. The van der Waals surface area contributed by atoms with E-state index in [0.29, 0.717) is 0 Å². The van der Waals surface area contributed by atoms with Crippen molar-refractivity contribution in [3.8, 4) is 11.5 Å². The molecule has 4 nitrogen and oxygen atoms in total. The molecule has 2 rings (SSSR count). The number of aromatic hydroxyl groups is 2. The predicted molar refractivity (Wildman–Crippen MR) is 113 cm³/mol. The van der Waals surface area contributed by atoms with Crippen LogP contribution in [-0.2, 0) is 0 Å². The molecule has 2 aromatic carbocycles. The molecule has 26 heavy (non-hydrogen) atoms. The molecule has 0 saturated carbocycles. The van der Waals surface area contributed by atoms with E-state index in [1.165, 1.54) is 0 Å². The van der Waals surface area contributed by atoms with Crippen molar-refractivity contribution in [2.45, 2.75) is 38.8 Å². The summed E-state index contributed by atoms with van der Waals surface area (Å²) in [4.78, 5) is 0. The second-order valence-corrected chi connectivity index (χ2v) is 6.05. The van der Waals surface area contributed by atoms with Gasteiger partial charge in [0.15, 0.2) is 0 Å². The fraction of sp³-hybridized carbons (Fsp3) is 0.400. The Labute approximate surface area is 168 Å². The summed E-state index contributed by atoms with van der Waals surface area (Å²) in [5, 5.41) is 26.4. The van der Waals surface area contributed by atoms with Crippen molar-refractivity contribution >= 4 is 24.8 Å². The maximum absolute atomic E-state index is 9.58. The molecule has 0 spiro atoms. The molecular weight excluding hydrogens is 371 g/mol. The van der Waals surface area contributed by atoms with Crippen molar-refractivity contribution < 1.29 is 10.2 Å². The van der Waals surface area contributed by atoms with Crippen LogP contribution >= 0.6 is 24.8 Å². The van der Waals surface area contributed by atoms with Gasteiger partial charge in [-0.3, -0.25) is 0 Å². The van der Waals surface area contributed by atoms with Gasteiger partial charge in [-0.2, -0.15) is 0 Å². The summed E-state index contributed by atoms with van der Waals surface area (Å²) in [6.07, 6.45) is 2.09. The van der Waals surface area contributed by atoms with E-state index in [1.807, 2.05) is 24.3 Å². The molecule has 2 unspecified atom stereocenters. The Morgan fingerprint density at radius 1 is 0.654 bits per heavy atom. The van der Waals surface area contributed by atoms with E-state index in [0.717, 1.165) is 37.1 Å². The normalized spacial score (nSPS) is 12.5. The van der Waals surface area contributed by atoms with Crippen LogP contribution in [0.2, 0.25) is 0 Å². The molecule has 6 heteroatoms. The molecule has 0 saturated heterocycles. The van der Waals surface area contributed by atoms with Crippen molar-refractivity contribution in [1.82, 2.24) is 10.6 Å². The second kappa shape index (κ2) is 12.8. The third kappa shape index (κ3) is 7.04. The minimum Gasteiger partial charge on any atom is -0.508 e. The fourth-order valence-electron chi connectivity index (χ4n) is 2.82. The third-order valence-corrected chi connectivity index (χ3v) is 4.07. The van der Waals surface area contributed by atoms with E-state index >= 15 is 0 Å². The minimum absolute atomic E-state index is 0. The fourth-order valence-corrected chi connectivity index (χ4v) is 2.82. The average molecular weight is 401 g/mol. The minimum atomic E-state index is 0. The number of hydrogen-bond acceptors (Lipinski definition) is 4. The lowest BCUT2D eigenvalue weighted by Gasteiger charge is -2.30. The first-order valence-electron chi connectivity index (χ1n) is 8.70. The number of hydrogen-bond donors (Lipinski definition) is 4. The summed E-state index contributed by atoms with van der Waals surface area (Å²) in [5.41, 5.74) is 2.26. The Kier molecular flexibility index (Phi) is 12.1. The Morgan fingerprint density at radius 3 is 1.23 bits per heavy atom.